The van der Waals surface area contributed by atoms with E-state index in [4.69, 9.17) is 4.74 Å². The minimum absolute atomic E-state index is 0.184. The predicted octanol–water partition coefficient (Wildman–Crippen LogP) is 3.49. The maximum atomic E-state index is 14.3. The van der Waals surface area contributed by atoms with Crippen molar-refractivity contribution < 1.29 is 22.3 Å². The average molecular weight is 452 g/mol. The summed E-state index contributed by atoms with van der Waals surface area (Å²) in [5.74, 6) is -1.13. The number of amides is 1. The zero-order valence-electron chi connectivity index (χ0n) is 18.3. The van der Waals surface area contributed by atoms with E-state index in [1.807, 2.05) is 0 Å². The Morgan fingerprint density at radius 3 is 2.45 bits per heavy atom. The van der Waals surface area contributed by atoms with Gasteiger partial charge in [-0.25, -0.2) is 17.5 Å². The summed E-state index contributed by atoms with van der Waals surface area (Å²) in [4.78, 5) is 14.8. The Morgan fingerprint density at radius 1 is 1.13 bits per heavy atom. The van der Waals surface area contributed by atoms with Gasteiger partial charge in [-0.3, -0.25) is 4.79 Å². The zero-order valence-corrected chi connectivity index (χ0v) is 19.1. The van der Waals surface area contributed by atoms with E-state index in [0.29, 0.717) is 18.0 Å². The number of halogens is 1. The highest BCUT2D eigenvalue weighted by Gasteiger charge is 2.21. The van der Waals surface area contributed by atoms with E-state index >= 15 is 0 Å². The van der Waals surface area contributed by atoms with Crippen molar-refractivity contribution in [2.75, 3.05) is 31.6 Å². The number of para-hydroxylation sites is 2. The maximum absolute atomic E-state index is 14.3. The SMILES string of the molecule is CCN(CC)CCOc1ccccc1NC(=O)c1cc(S(=O)(=O)NC(C)C)ccc1F. The Labute approximate surface area is 183 Å². The van der Waals surface area contributed by atoms with Crippen molar-refractivity contribution in [1.29, 1.82) is 0 Å². The second-order valence-electron chi connectivity index (χ2n) is 7.24. The number of hydrogen-bond donors (Lipinski definition) is 2. The van der Waals surface area contributed by atoms with E-state index in [2.05, 4.69) is 28.8 Å². The van der Waals surface area contributed by atoms with Crippen molar-refractivity contribution in [2.24, 2.45) is 0 Å². The van der Waals surface area contributed by atoms with Gasteiger partial charge in [-0.2, -0.15) is 0 Å². The Bertz CT molecular complexity index is 992. The van der Waals surface area contributed by atoms with Crippen LogP contribution in [0.1, 0.15) is 38.1 Å². The third-order valence-electron chi connectivity index (χ3n) is 4.58. The van der Waals surface area contributed by atoms with Gasteiger partial charge >= 0.3 is 0 Å². The first-order valence-corrected chi connectivity index (χ1v) is 11.7. The van der Waals surface area contributed by atoms with Crippen LogP contribution in [0.25, 0.3) is 0 Å². The number of carbonyl (C=O) groups is 1. The monoisotopic (exact) mass is 451 g/mol. The van der Waals surface area contributed by atoms with Gasteiger partial charge in [0.25, 0.3) is 5.91 Å². The molecular weight excluding hydrogens is 421 g/mol. The molecule has 7 nitrogen and oxygen atoms in total. The van der Waals surface area contributed by atoms with Crippen molar-refractivity contribution in [3.63, 3.8) is 0 Å². The first kappa shape index (κ1) is 24.8. The van der Waals surface area contributed by atoms with E-state index in [1.165, 1.54) is 0 Å². The Hall–Kier alpha value is -2.49. The van der Waals surface area contributed by atoms with Crippen LogP contribution in [0.5, 0.6) is 5.75 Å². The number of carbonyl (C=O) groups excluding carboxylic acids is 1. The third kappa shape index (κ3) is 7.02. The smallest absolute Gasteiger partial charge is 0.258 e. The van der Waals surface area contributed by atoms with E-state index in [1.54, 1.807) is 38.1 Å². The van der Waals surface area contributed by atoms with Crippen LogP contribution in [0.15, 0.2) is 47.4 Å². The molecular formula is C22H30FN3O4S. The summed E-state index contributed by atoms with van der Waals surface area (Å²) in [5.41, 5.74) is 0.00425. The molecule has 0 fully saturated rings. The van der Waals surface area contributed by atoms with E-state index in [-0.39, 0.29) is 16.5 Å². The lowest BCUT2D eigenvalue weighted by Gasteiger charge is -2.19. The number of rotatable bonds is 11. The van der Waals surface area contributed by atoms with Gasteiger partial charge in [-0.1, -0.05) is 26.0 Å². The maximum Gasteiger partial charge on any atom is 0.258 e. The van der Waals surface area contributed by atoms with Crippen LogP contribution in [-0.4, -0.2) is 51.5 Å². The van der Waals surface area contributed by atoms with Crippen LogP contribution < -0.4 is 14.8 Å². The van der Waals surface area contributed by atoms with Gasteiger partial charge in [-0.05, 0) is 57.3 Å². The fraction of sp³-hybridized carbons (Fsp3) is 0.409. The first-order valence-electron chi connectivity index (χ1n) is 10.2. The van der Waals surface area contributed by atoms with Crippen LogP contribution in [0, 0.1) is 5.82 Å². The lowest BCUT2D eigenvalue weighted by atomic mass is 10.2. The lowest BCUT2D eigenvalue weighted by Crippen LogP contribution is -2.30. The fourth-order valence-corrected chi connectivity index (χ4v) is 4.21. The molecule has 1 amide bonds. The molecule has 170 valence electrons. The molecule has 2 aromatic carbocycles. The number of hydrogen-bond acceptors (Lipinski definition) is 5. The van der Waals surface area contributed by atoms with Crippen LogP contribution in [0.4, 0.5) is 10.1 Å². The highest BCUT2D eigenvalue weighted by molar-refractivity contribution is 7.89. The molecule has 31 heavy (non-hydrogen) atoms. The van der Waals surface area contributed by atoms with Crippen LogP contribution in [0.2, 0.25) is 0 Å². The molecule has 0 saturated heterocycles. The summed E-state index contributed by atoms with van der Waals surface area (Å²) in [6.45, 7) is 10.4. The third-order valence-corrected chi connectivity index (χ3v) is 6.23. The molecule has 0 aliphatic heterocycles. The van der Waals surface area contributed by atoms with Crippen molar-refractivity contribution in [1.82, 2.24) is 9.62 Å². The molecule has 2 rings (SSSR count). The topological polar surface area (TPSA) is 87.7 Å². The quantitative estimate of drug-likeness (QED) is 0.546. The number of benzene rings is 2. The standard InChI is InChI=1S/C22H30FN3O4S/c1-5-26(6-2)13-14-30-21-10-8-7-9-20(21)24-22(27)18-15-17(11-12-19(18)23)31(28,29)25-16(3)4/h7-12,15-16,25H,5-6,13-14H2,1-4H3,(H,24,27). The van der Waals surface area contributed by atoms with Gasteiger partial charge in [0.05, 0.1) is 16.1 Å². The molecule has 9 heteroatoms. The van der Waals surface area contributed by atoms with Gasteiger partial charge in [0.15, 0.2) is 0 Å². The average Bonchev–Trinajstić information content (AvgIpc) is 2.71. The number of likely N-dealkylation sites (N-methyl/N-ethyl adjacent to an activating group) is 1. The van der Waals surface area contributed by atoms with Crippen molar-refractivity contribution in [3.8, 4) is 5.75 Å². The Balaban J connectivity index is 2.20. The molecule has 0 radical (unpaired) electrons. The summed E-state index contributed by atoms with van der Waals surface area (Å²) in [6.07, 6.45) is 0. The van der Waals surface area contributed by atoms with Crippen molar-refractivity contribution >= 4 is 21.6 Å². The molecule has 0 spiro atoms. The summed E-state index contributed by atoms with van der Waals surface area (Å²) >= 11 is 0. The highest BCUT2D eigenvalue weighted by atomic mass is 32.2. The van der Waals surface area contributed by atoms with Gasteiger partial charge < -0.3 is 15.0 Å². The summed E-state index contributed by atoms with van der Waals surface area (Å²) in [5, 5.41) is 2.62. The number of ether oxygens (including phenoxy) is 1. The van der Waals surface area contributed by atoms with Crippen LogP contribution in [0.3, 0.4) is 0 Å². The molecule has 0 heterocycles. The first-order chi connectivity index (χ1) is 14.7. The molecule has 0 aliphatic rings. The normalized spacial score (nSPS) is 11.7. The molecule has 0 saturated carbocycles. The van der Waals surface area contributed by atoms with E-state index in [0.717, 1.165) is 37.8 Å². The number of anilines is 1. The predicted molar refractivity (Wildman–Crippen MR) is 120 cm³/mol. The van der Waals surface area contributed by atoms with E-state index in [9.17, 15) is 17.6 Å². The molecule has 0 atom stereocenters. The molecule has 0 aromatic heterocycles. The fourth-order valence-electron chi connectivity index (χ4n) is 2.93. The molecule has 2 N–H and O–H groups in total. The number of nitrogens with zero attached hydrogens (tertiary/aromatic N) is 1. The zero-order chi connectivity index (χ0) is 23.0. The molecule has 0 bridgehead atoms. The largest absolute Gasteiger partial charge is 0.490 e. The number of sulfonamides is 1. The molecule has 0 unspecified atom stereocenters. The molecule has 2 aromatic rings. The summed E-state index contributed by atoms with van der Waals surface area (Å²) in [6, 6.07) is 9.62. The van der Waals surface area contributed by atoms with Gasteiger partial charge in [0.2, 0.25) is 10.0 Å². The summed E-state index contributed by atoms with van der Waals surface area (Å²) < 4.78 is 47.3. The minimum atomic E-state index is -3.86. The Morgan fingerprint density at radius 2 is 1.81 bits per heavy atom. The van der Waals surface area contributed by atoms with Gasteiger partial charge in [-0.15, -0.1) is 0 Å². The second-order valence-corrected chi connectivity index (χ2v) is 8.96. The van der Waals surface area contributed by atoms with Crippen molar-refractivity contribution in [2.45, 2.75) is 38.6 Å². The lowest BCUT2D eigenvalue weighted by molar-refractivity contribution is 0.102. The summed E-state index contributed by atoms with van der Waals surface area (Å²) in [7, 11) is -3.86. The highest BCUT2D eigenvalue weighted by Crippen LogP contribution is 2.25. The second kappa shape index (κ2) is 11.2. The molecule has 0 aliphatic carbocycles. The van der Waals surface area contributed by atoms with Crippen LogP contribution >= 0.6 is 0 Å². The Kier molecular flexibility index (Phi) is 8.97. The number of nitrogens with one attached hydrogen (secondary N) is 2. The van der Waals surface area contributed by atoms with Gasteiger partial charge in [0.1, 0.15) is 18.2 Å². The van der Waals surface area contributed by atoms with Crippen LogP contribution in [-0.2, 0) is 10.0 Å². The van der Waals surface area contributed by atoms with Crippen molar-refractivity contribution in [3.05, 3.63) is 53.8 Å². The van der Waals surface area contributed by atoms with Gasteiger partial charge in [0, 0.05) is 12.6 Å². The van der Waals surface area contributed by atoms with E-state index < -0.39 is 21.7 Å². The minimum Gasteiger partial charge on any atom is -0.490 e.